The van der Waals surface area contributed by atoms with Gasteiger partial charge < -0.3 is 19.2 Å². The van der Waals surface area contributed by atoms with Crippen LogP contribution in [-0.2, 0) is 34.8 Å². The van der Waals surface area contributed by atoms with Gasteiger partial charge in [-0.3, -0.25) is 4.79 Å². The fourth-order valence-electron chi connectivity index (χ4n) is 5.22. The van der Waals surface area contributed by atoms with Gasteiger partial charge in [0.2, 0.25) is 11.8 Å². The third-order valence-electron chi connectivity index (χ3n) is 9.06. The van der Waals surface area contributed by atoms with Crippen LogP contribution in [0.5, 0.6) is 11.6 Å². The number of aromatic nitrogens is 1. The van der Waals surface area contributed by atoms with Crippen molar-refractivity contribution in [2.75, 3.05) is 18.5 Å². The number of carbonyl (C=O) groups excluding carboxylic acids is 1. The van der Waals surface area contributed by atoms with Crippen LogP contribution in [0, 0.1) is 11.2 Å². The number of anilines is 1. The number of ether oxygens (including phenoxy) is 2. The Balaban J connectivity index is 1.45. The van der Waals surface area contributed by atoms with Gasteiger partial charge in [-0.25, -0.2) is 9.37 Å². The molecule has 0 radical (unpaired) electrons. The van der Waals surface area contributed by atoms with E-state index in [-0.39, 0.29) is 34.7 Å². The minimum absolute atomic E-state index is 0.00509. The average molecular weight is 725 g/mol. The van der Waals surface area contributed by atoms with Crippen molar-refractivity contribution in [1.82, 2.24) is 4.98 Å². The summed E-state index contributed by atoms with van der Waals surface area (Å²) < 4.78 is 76.1. The van der Waals surface area contributed by atoms with E-state index in [0.29, 0.717) is 42.6 Å². The van der Waals surface area contributed by atoms with Crippen molar-refractivity contribution in [3.8, 4) is 22.8 Å². The zero-order valence-electron chi connectivity index (χ0n) is 30.6. The average Bonchev–Trinajstić information content (AvgIpc) is 3.04. The van der Waals surface area contributed by atoms with E-state index < -0.39 is 37.2 Å². The summed E-state index contributed by atoms with van der Waals surface area (Å²) in [6.45, 7) is 17.1. The van der Waals surface area contributed by atoms with Crippen molar-refractivity contribution < 1.29 is 36.3 Å². The summed E-state index contributed by atoms with van der Waals surface area (Å²) in [5.74, 6) is -0.483. The van der Waals surface area contributed by atoms with Crippen LogP contribution < -0.4 is 14.8 Å². The third kappa shape index (κ3) is 10.9. The first-order chi connectivity index (χ1) is 23.8. The zero-order chi connectivity index (χ0) is 37.6. The number of hydrogen-bond acceptors (Lipinski definition) is 5. The molecule has 0 fully saturated rings. The quantitative estimate of drug-likeness (QED) is 0.104. The van der Waals surface area contributed by atoms with Crippen LogP contribution in [-0.4, -0.2) is 32.4 Å². The standard InChI is InChI=1S/C40H48F4N2O4Si/c1-9-48-35-22-37(49-25-27-13-11-10-12-14-27)45-24-32(35)31-18-15-28(19-34(31)41)20-36(47)46-30-17-16-29(33(21-30)40(42,43)44)23-39(5,6)26-50-51(7,8)38(2,3)4/h10-19,21-22,24H,9,20,23,25-26H2,1-8H3,(H,46,47). The number of alkyl halides is 3. The zero-order valence-corrected chi connectivity index (χ0v) is 31.6. The van der Waals surface area contributed by atoms with Gasteiger partial charge in [-0.1, -0.05) is 83.1 Å². The van der Waals surface area contributed by atoms with Gasteiger partial charge in [0, 0.05) is 35.7 Å². The van der Waals surface area contributed by atoms with Gasteiger partial charge in [-0.05, 0) is 71.8 Å². The van der Waals surface area contributed by atoms with Gasteiger partial charge in [-0.2, -0.15) is 13.2 Å². The summed E-state index contributed by atoms with van der Waals surface area (Å²) in [6, 6.07) is 19.4. The normalized spacial score (nSPS) is 12.5. The first kappa shape index (κ1) is 39.6. The highest BCUT2D eigenvalue weighted by atomic mass is 28.4. The molecule has 0 atom stereocenters. The predicted molar refractivity (Wildman–Crippen MR) is 196 cm³/mol. The van der Waals surface area contributed by atoms with Gasteiger partial charge >= 0.3 is 6.18 Å². The molecule has 1 amide bonds. The van der Waals surface area contributed by atoms with Crippen LogP contribution in [0.4, 0.5) is 23.2 Å². The van der Waals surface area contributed by atoms with E-state index in [1.54, 1.807) is 12.1 Å². The van der Waals surface area contributed by atoms with Gasteiger partial charge in [0.15, 0.2) is 8.32 Å². The number of amides is 1. The van der Waals surface area contributed by atoms with Crippen LogP contribution in [0.3, 0.4) is 0 Å². The molecule has 4 rings (SSSR count). The van der Waals surface area contributed by atoms with Crippen molar-refractivity contribution in [1.29, 1.82) is 0 Å². The van der Waals surface area contributed by atoms with Crippen molar-refractivity contribution in [2.45, 2.75) is 85.3 Å². The van der Waals surface area contributed by atoms with Crippen LogP contribution in [0.15, 0.2) is 79.0 Å². The molecule has 1 aromatic heterocycles. The molecular weight excluding hydrogens is 677 g/mol. The molecule has 6 nitrogen and oxygen atoms in total. The molecule has 274 valence electrons. The van der Waals surface area contributed by atoms with Crippen molar-refractivity contribution in [3.05, 3.63) is 107 Å². The van der Waals surface area contributed by atoms with E-state index in [2.05, 4.69) is 44.2 Å². The second-order valence-corrected chi connectivity index (χ2v) is 19.8. The second-order valence-electron chi connectivity index (χ2n) is 15.0. The van der Waals surface area contributed by atoms with Gasteiger partial charge in [-0.15, -0.1) is 0 Å². The van der Waals surface area contributed by atoms with E-state index >= 15 is 4.39 Å². The van der Waals surface area contributed by atoms with Crippen LogP contribution >= 0.6 is 0 Å². The number of benzene rings is 3. The molecule has 1 N–H and O–H groups in total. The Hall–Kier alpha value is -4.22. The molecule has 0 saturated heterocycles. The van der Waals surface area contributed by atoms with Crippen LogP contribution in [0.1, 0.15) is 63.8 Å². The topological polar surface area (TPSA) is 69.7 Å². The Morgan fingerprint density at radius 1 is 0.863 bits per heavy atom. The van der Waals surface area contributed by atoms with Gasteiger partial charge in [0.25, 0.3) is 0 Å². The lowest BCUT2D eigenvalue weighted by molar-refractivity contribution is -0.138. The van der Waals surface area contributed by atoms with E-state index in [0.717, 1.165) is 11.6 Å². The number of rotatable bonds is 14. The summed E-state index contributed by atoms with van der Waals surface area (Å²) in [6.07, 6.45) is -3.27. The highest BCUT2D eigenvalue weighted by Crippen LogP contribution is 2.40. The van der Waals surface area contributed by atoms with Crippen LogP contribution in [0.2, 0.25) is 18.1 Å². The number of halogens is 4. The molecule has 3 aromatic carbocycles. The predicted octanol–water partition coefficient (Wildman–Crippen LogP) is 10.7. The molecule has 0 unspecified atom stereocenters. The highest BCUT2D eigenvalue weighted by Gasteiger charge is 2.39. The number of pyridine rings is 1. The smallest absolute Gasteiger partial charge is 0.416 e. The lowest BCUT2D eigenvalue weighted by atomic mass is 9.84. The third-order valence-corrected chi connectivity index (χ3v) is 13.5. The highest BCUT2D eigenvalue weighted by molar-refractivity contribution is 6.74. The maximum Gasteiger partial charge on any atom is 0.416 e. The Labute approximate surface area is 299 Å². The number of hydrogen-bond donors (Lipinski definition) is 1. The SMILES string of the molecule is CCOc1cc(OCc2ccccc2)ncc1-c1ccc(CC(=O)Nc2ccc(CC(C)(C)CO[Si](C)(C)C(C)(C)C)c(C(F)(F)F)c2)cc1F. The summed E-state index contributed by atoms with van der Waals surface area (Å²) in [7, 11) is -2.09. The lowest BCUT2D eigenvalue weighted by Gasteiger charge is -2.39. The Morgan fingerprint density at radius 2 is 1.57 bits per heavy atom. The second kappa shape index (κ2) is 16.0. The summed E-state index contributed by atoms with van der Waals surface area (Å²) in [5, 5.41) is 2.53. The molecule has 4 aromatic rings. The molecule has 51 heavy (non-hydrogen) atoms. The lowest BCUT2D eigenvalue weighted by Crippen LogP contribution is -2.43. The fourth-order valence-corrected chi connectivity index (χ4v) is 6.40. The largest absolute Gasteiger partial charge is 0.493 e. The molecule has 11 heteroatoms. The van der Waals surface area contributed by atoms with Crippen LogP contribution in [0.25, 0.3) is 11.1 Å². The van der Waals surface area contributed by atoms with Gasteiger partial charge in [0.1, 0.15) is 18.2 Å². The molecule has 0 bridgehead atoms. The van der Waals surface area contributed by atoms with E-state index in [1.807, 2.05) is 51.1 Å². The number of nitrogens with zero attached hydrogens (tertiary/aromatic N) is 1. The maximum absolute atomic E-state index is 15.5. The summed E-state index contributed by atoms with van der Waals surface area (Å²) >= 11 is 0. The van der Waals surface area contributed by atoms with E-state index in [4.69, 9.17) is 13.9 Å². The number of carbonyl (C=O) groups is 1. The first-order valence-corrected chi connectivity index (χ1v) is 19.9. The summed E-state index contributed by atoms with van der Waals surface area (Å²) in [4.78, 5) is 17.3. The Kier molecular flexibility index (Phi) is 12.4. The summed E-state index contributed by atoms with van der Waals surface area (Å²) in [5.41, 5.74) is 0.690. The molecular formula is C40H48F4N2O4Si. The Bertz CT molecular complexity index is 1800. The Morgan fingerprint density at radius 3 is 2.20 bits per heavy atom. The number of nitrogens with one attached hydrogen (secondary N) is 1. The molecule has 0 saturated carbocycles. The molecule has 0 aliphatic heterocycles. The van der Waals surface area contributed by atoms with Crippen molar-refractivity contribution in [2.24, 2.45) is 5.41 Å². The van der Waals surface area contributed by atoms with Crippen molar-refractivity contribution >= 4 is 19.9 Å². The fraction of sp³-hybridized carbons (Fsp3) is 0.400. The minimum atomic E-state index is -4.63. The molecule has 0 spiro atoms. The first-order valence-electron chi connectivity index (χ1n) is 17.0. The van der Waals surface area contributed by atoms with Gasteiger partial charge in [0.05, 0.1) is 18.6 Å². The van der Waals surface area contributed by atoms with Crippen molar-refractivity contribution in [3.63, 3.8) is 0 Å². The monoisotopic (exact) mass is 724 g/mol. The van der Waals surface area contributed by atoms with E-state index in [9.17, 15) is 18.0 Å². The minimum Gasteiger partial charge on any atom is -0.493 e. The molecule has 0 aliphatic carbocycles. The maximum atomic E-state index is 15.5. The molecule has 1 heterocycles. The molecule has 0 aliphatic rings. The van der Waals surface area contributed by atoms with E-state index in [1.165, 1.54) is 30.5 Å².